The number of carboxylic acid groups (broad SMARTS) is 4. The highest BCUT2D eigenvalue weighted by molar-refractivity contribution is 5.67. The maximum atomic E-state index is 11.5. The van der Waals surface area contributed by atoms with Crippen LogP contribution < -0.4 is 0 Å². The Labute approximate surface area is 675 Å². The minimum absolute atomic E-state index is 0.0561. The van der Waals surface area contributed by atoms with Crippen LogP contribution in [0.3, 0.4) is 0 Å². The highest BCUT2D eigenvalue weighted by atomic mass is 16.4. The maximum Gasteiger partial charge on any atom is 0.303 e. The molecule has 16 fully saturated rings. The maximum absolute atomic E-state index is 11.5. The summed E-state index contributed by atoms with van der Waals surface area (Å²) in [6, 6.07) is 0. The van der Waals surface area contributed by atoms with Gasteiger partial charge in [0, 0.05) is 25.7 Å². The van der Waals surface area contributed by atoms with E-state index in [0.717, 1.165) is 152 Å². The molecule has 16 nitrogen and oxygen atoms in total. The number of carboxylic acids is 4. The van der Waals surface area contributed by atoms with Gasteiger partial charge in [-0.05, 0) is 416 Å². The Hall–Kier alpha value is -2.44. The minimum atomic E-state index is -0.748. The predicted octanol–water partition coefficient (Wildman–Crippen LogP) is 17.9. The van der Waals surface area contributed by atoms with Crippen LogP contribution in [0, 0.1) is 185 Å². The van der Waals surface area contributed by atoms with E-state index in [1.165, 1.54) is 96.3 Å². The molecule has 16 saturated carbocycles. The third-order valence-electron chi connectivity index (χ3n) is 41.0. The summed E-state index contributed by atoms with van der Waals surface area (Å²) in [5.41, 5.74) is 1.78. The first-order valence-electron chi connectivity index (χ1n) is 47.0. The van der Waals surface area contributed by atoms with E-state index in [0.29, 0.717) is 130 Å². The summed E-state index contributed by atoms with van der Waals surface area (Å²) < 4.78 is 0. The fraction of sp³-hybridized carbons (Fsp3) is 0.958. The van der Waals surface area contributed by atoms with Gasteiger partial charge in [0.05, 0.1) is 48.8 Å². The number of hydrogen-bond donors (Lipinski definition) is 12. The van der Waals surface area contributed by atoms with Crippen molar-refractivity contribution in [3.05, 3.63) is 0 Å². The molecule has 0 radical (unpaired) electrons. The quantitative estimate of drug-likeness (QED) is 0.0683. The Balaban J connectivity index is 0.000000131. The molecule has 0 amide bonds. The monoisotopic (exact) mass is 1570 g/mol. The van der Waals surface area contributed by atoms with Crippen molar-refractivity contribution in [2.24, 2.45) is 185 Å². The van der Waals surface area contributed by atoms with Crippen LogP contribution in [0.1, 0.15) is 340 Å². The molecular weight excluding hydrogens is 1410 g/mol. The molecule has 0 aliphatic heterocycles. The van der Waals surface area contributed by atoms with Crippen molar-refractivity contribution in [3.8, 4) is 0 Å². The second-order valence-corrected chi connectivity index (χ2v) is 45.4. The van der Waals surface area contributed by atoms with Crippen molar-refractivity contribution in [2.45, 2.75) is 389 Å². The summed E-state index contributed by atoms with van der Waals surface area (Å²) in [5.74, 6) is 9.62. The van der Waals surface area contributed by atoms with Gasteiger partial charge in [0.15, 0.2) is 0 Å². The van der Waals surface area contributed by atoms with Gasteiger partial charge in [0.2, 0.25) is 0 Å². The zero-order chi connectivity index (χ0) is 81.1. The zero-order valence-corrected chi connectivity index (χ0v) is 71.8. The zero-order valence-electron chi connectivity index (χ0n) is 71.8. The molecule has 16 rings (SSSR count). The van der Waals surface area contributed by atoms with Gasteiger partial charge >= 0.3 is 23.9 Å². The molecule has 0 saturated heterocycles. The first-order valence-corrected chi connectivity index (χ1v) is 47.0. The molecule has 0 aromatic rings. The van der Waals surface area contributed by atoms with E-state index in [1.807, 2.05) is 0 Å². The van der Waals surface area contributed by atoms with Crippen LogP contribution in [-0.2, 0) is 19.2 Å². The molecule has 0 aromatic heterocycles. The fourth-order valence-electron chi connectivity index (χ4n) is 34.9. The molecule has 16 heteroatoms. The lowest BCUT2D eigenvalue weighted by molar-refractivity contribution is -0.207. The number of aliphatic hydroxyl groups excluding tert-OH is 8. The number of rotatable bonds is 16. The molecule has 16 aliphatic rings. The largest absolute Gasteiger partial charge is 0.481 e. The summed E-state index contributed by atoms with van der Waals surface area (Å²) in [5, 5.41) is 122. The third-order valence-corrected chi connectivity index (χ3v) is 41.0. The summed E-state index contributed by atoms with van der Waals surface area (Å²) >= 11 is 0. The summed E-state index contributed by atoms with van der Waals surface area (Å²) in [7, 11) is 0. The lowest BCUT2D eigenvalue weighted by Gasteiger charge is -2.63. The smallest absolute Gasteiger partial charge is 0.303 e. The SMILES string of the molecule is C[C@H](CCC(=O)O)[C@H]1CC[C@H]2[C@@H]3CCC4C[C@H](O)CC[C@]4(C)[C@H]3CC[C@]12C.C[C@H](CCC(=O)O)[C@H]1CC[C@H]2[C@@H]3[C@@H](O)CC4C[C@@H](O)CC[C@]4(C)[C@H]3CC[C@]12C.C[C@H](CCC(=O)O)[C@H]1CC[C@H]2[C@@H]3[C@H](O)CC4C[C@H](O)CC[C@]4(C)[C@H]3CC[C@]12C.C[C@H](CCC(=O)O)[C@H]1CC[C@H]2[C@@H]3[C@H](O)C[C@@H]4C[C@H](O)CC[C@]4(C)[C@H]3C[C@H](O)[C@]12C. The first kappa shape index (κ1) is 87.4. The van der Waals surface area contributed by atoms with E-state index in [-0.39, 0.29) is 106 Å². The lowest BCUT2D eigenvalue weighted by Crippen LogP contribution is -2.62. The van der Waals surface area contributed by atoms with Crippen LogP contribution in [0.15, 0.2) is 0 Å². The average Bonchev–Trinajstić information content (AvgIpc) is 1.42. The molecule has 40 atom stereocenters. The number of carbonyl (C=O) groups is 4. The van der Waals surface area contributed by atoms with Crippen molar-refractivity contribution >= 4 is 23.9 Å². The second-order valence-electron chi connectivity index (χ2n) is 45.4. The van der Waals surface area contributed by atoms with Gasteiger partial charge < -0.3 is 61.3 Å². The van der Waals surface area contributed by atoms with E-state index >= 15 is 0 Å². The summed E-state index contributed by atoms with van der Waals surface area (Å²) in [6.07, 6.45) is 36.8. The van der Waals surface area contributed by atoms with Crippen LogP contribution in [0.5, 0.6) is 0 Å². The molecule has 0 aromatic carbocycles. The Bertz CT molecular complexity index is 3150. The van der Waals surface area contributed by atoms with Crippen LogP contribution >= 0.6 is 0 Å². The predicted molar refractivity (Wildman–Crippen MR) is 435 cm³/mol. The van der Waals surface area contributed by atoms with Crippen molar-refractivity contribution in [1.29, 1.82) is 0 Å². The minimum Gasteiger partial charge on any atom is -0.481 e. The van der Waals surface area contributed by atoms with E-state index in [2.05, 4.69) is 83.1 Å². The molecule has 16 aliphatic carbocycles. The van der Waals surface area contributed by atoms with Crippen LogP contribution in [0.2, 0.25) is 0 Å². The Morgan fingerprint density at radius 2 is 0.545 bits per heavy atom. The van der Waals surface area contributed by atoms with E-state index in [9.17, 15) is 60.0 Å². The van der Waals surface area contributed by atoms with Crippen LogP contribution in [0.4, 0.5) is 0 Å². The third kappa shape index (κ3) is 15.7. The number of fused-ring (bicyclic) bond motifs is 20. The van der Waals surface area contributed by atoms with Crippen LogP contribution in [0.25, 0.3) is 0 Å². The number of aliphatic hydroxyl groups is 8. The average molecular weight is 1570 g/mol. The van der Waals surface area contributed by atoms with Crippen molar-refractivity contribution < 1.29 is 80.5 Å². The molecular formula is C96H160O16. The number of hydrogen-bond acceptors (Lipinski definition) is 12. The van der Waals surface area contributed by atoms with Gasteiger partial charge in [-0.3, -0.25) is 19.2 Å². The molecule has 0 heterocycles. The van der Waals surface area contributed by atoms with Gasteiger partial charge in [-0.1, -0.05) is 83.1 Å². The van der Waals surface area contributed by atoms with Crippen molar-refractivity contribution in [1.82, 2.24) is 0 Å². The van der Waals surface area contributed by atoms with Gasteiger partial charge in [0.1, 0.15) is 0 Å². The fourth-order valence-corrected chi connectivity index (χ4v) is 34.9. The standard InChI is InChI=1S/C24H40O5.2C24H40O4.C24H40O3/c1-13(4-7-21(28)29)16-5-6-17-22-18(12-20(27)24(16,17)3)23(2)9-8-15(25)10-14(23)11-19(22)26;2*1-14(4-7-21(27)28)17-5-6-18-22-19(9-11-24(17,18)3)23(2)10-8-16(25)12-15(23)13-20(22)26;1-15(4-9-22(26)27)19-7-8-20-18-6-5-16-14-17(25)10-12-23(16,2)21(18)11-13-24(19,20)3/h13-20,22,25-27H,4-12H2,1-3H3,(H,28,29);2*14-20,22,25-26H,4-13H2,1-3H3,(H,27,28);15-21,25H,4-14H2,1-3H3,(H,26,27)/t13-,14+,15-,16-,17+,18+,19-,20+,22+,23+,24-;14-,15?,16+,17-,18+,19+,20+,22+,23+,24-;14-,15?,16-,17-,18+,19+,20-,22+,23+,24-;15-,16?,17-,18+,19-,20+,21+,23+,24-/m1111/s1. The molecule has 0 bridgehead atoms. The van der Waals surface area contributed by atoms with Gasteiger partial charge in [-0.2, -0.15) is 0 Å². The second kappa shape index (κ2) is 33.5. The first-order chi connectivity index (χ1) is 52.7. The van der Waals surface area contributed by atoms with Crippen molar-refractivity contribution in [3.63, 3.8) is 0 Å². The van der Waals surface area contributed by atoms with E-state index in [4.69, 9.17) is 20.4 Å². The van der Waals surface area contributed by atoms with E-state index < -0.39 is 30.0 Å². The summed E-state index contributed by atoms with van der Waals surface area (Å²) in [4.78, 5) is 44.2. The molecule has 112 heavy (non-hydrogen) atoms. The number of aliphatic carboxylic acids is 4. The Morgan fingerprint density at radius 1 is 0.277 bits per heavy atom. The van der Waals surface area contributed by atoms with E-state index in [1.54, 1.807) is 0 Å². The summed E-state index contributed by atoms with van der Waals surface area (Å²) in [6.45, 7) is 28.5. The molecule has 3 unspecified atom stereocenters. The molecule has 0 spiro atoms. The highest BCUT2D eigenvalue weighted by Gasteiger charge is 2.69. The molecule has 12 N–H and O–H groups in total. The van der Waals surface area contributed by atoms with Crippen molar-refractivity contribution in [2.75, 3.05) is 0 Å². The lowest BCUT2D eigenvalue weighted by atomic mass is 9.43. The Morgan fingerprint density at radius 3 is 0.920 bits per heavy atom. The van der Waals surface area contributed by atoms with Gasteiger partial charge in [0.25, 0.3) is 0 Å². The topological polar surface area (TPSA) is 311 Å². The molecule has 640 valence electrons. The highest BCUT2D eigenvalue weighted by Crippen LogP contribution is 2.74. The van der Waals surface area contributed by atoms with Gasteiger partial charge in [-0.15, -0.1) is 0 Å². The van der Waals surface area contributed by atoms with Gasteiger partial charge in [-0.25, -0.2) is 0 Å². The Kier molecular flexibility index (Phi) is 26.2. The van der Waals surface area contributed by atoms with Crippen LogP contribution in [-0.4, -0.2) is 134 Å². The normalized spacial score (nSPS) is 51.7.